The van der Waals surface area contributed by atoms with Gasteiger partial charge in [-0.3, -0.25) is 4.72 Å². The molecule has 5 nitrogen and oxygen atoms in total. The Morgan fingerprint density at radius 1 is 1.47 bits per heavy atom. The standard InChI is InChI=1S/C10H15IN2O3S/c1-13(6-3-7-14)17(15,16)12-10-5-2-4-9(11)8-10/h2,4-5,8,12,14H,3,6-7H2,1H3. The maximum atomic E-state index is 11.8. The number of hydrogen-bond donors (Lipinski definition) is 2. The van der Waals surface area contributed by atoms with E-state index in [1.165, 1.54) is 11.4 Å². The number of nitrogens with one attached hydrogen (secondary N) is 1. The van der Waals surface area contributed by atoms with Crippen LogP contribution in [0.4, 0.5) is 5.69 Å². The van der Waals surface area contributed by atoms with Gasteiger partial charge in [0.1, 0.15) is 0 Å². The molecule has 0 atom stereocenters. The van der Waals surface area contributed by atoms with Crippen LogP contribution in [0.15, 0.2) is 24.3 Å². The van der Waals surface area contributed by atoms with Gasteiger partial charge < -0.3 is 5.11 Å². The van der Waals surface area contributed by atoms with Gasteiger partial charge in [0.15, 0.2) is 0 Å². The zero-order chi connectivity index (χ0) is 12.9. The van der Waals surface area contributed by atoms with Crippen molar-refractivity contribution in [2.45, 2.75) is 6.42 Å². The van der Waals surface area contributed by atoms with Gasteiger partial charge in [-0.1, -0.05) is 6.07 Å². The molecule has 2 N–H and O–H groups in total. The smallest absolute Gasteiger partial charge is 0.301 e. The van der Waals surface area contributed by atoms with Crippen molar-refractivity contribution in [1.82, 2.24) is 4.31 Å². The molecule has 0 aromatic heterocycles. The van der Waals surface area contributed by atoms with Crippen molar-refractivity contribution in [3.8, 4) is 0 Å². The zero-order valence-electron chi connectivity index (χ0n) is 9.43. The average Bonchev–Trinajstić information content (AvgIpc) is 2.25. The van der Waals surface area contributed by atoms with E-state index < -0.39 is 10.2 Å². The summed E-state index contributed by atoms with van der Waals surface area (Å²) in [7, 11) is -2.06. The highest BCUT2D eigenvalue weighted by Gasteiger charge is 2.16. The summed E-state index contributed by atoms with van der Waals surface area (Å²) in [4.78, 5) is 0. The Labute approximate surface area is 115 Å². The molecule has 1 aromatic carbocycles. The molecule has 0 aliphatic heterocycles. The number of nitrogens with zero attached hydrogens (tertiary/aromatic N) is 1. The van der Waals surface area contributed by atoms with Crippen molar-refractivity contribution in [3.63, 3.8) is 0 Å². The van der Waals surface area contributed by atoms with E-state index in [1.54, 1.807) is 18.2 Å². The predicted octanol–water partition coefficient (Wildman–Crippen LogP) is 1.26. The zero-order valence-corrected chi connectivity index (χ0v) is 12.4. The fourth-order valence-electron chi connectivity index (χ4n) is 1.19. The van der Waals surface area contributed by atoms with Crippen LogP contribution in [0.5, 0.6) is 0 Å². The van der Waals surface area contributed by atoms with Crippen LogP contribution in [0, 0.1) is 3.57 Å². The van der Waals surface area contributed by atoms with Crippen LogP contribution in [-0.4, -0.2) is 38.0 Å². The second-order valence-electron chi connectivity index (χ2n) is 3.52. The van der Waals surface area contributed by atoms with Crippen molar-refractivity contribution >= 4 is 38.5 Å². The average molecular weight is 370 g/mol. The van der Waals surface area contributed by atoms with Gasteiger partial charge >= 0.3 is 10.2 Å². The van der Waals surface area contributed by atoms with E-state index in [-0.39, 0.29) is 13.2 Å². The molecule has 96 valence electrons. The normalized spacial score (nSPS) is 11.8. The molecule has 0 heterocycles. The molecule has 0 aliphatic carbocycles. The fraction of sp³-hybridized carbons (Fsp3) is 0.400. The SMILES string of the molecule is CN(CCCO)S(=O)(=O)Nc1cccc(I)c1. The summed E-state index contributed by atoms with van der Waals surface area (Å²) in [6.07, 6.45) is 0.420. The Hall–Kier alpha value is -0.380. The third-order valence-corrected chi connectivity index (χ3v) is 4.28. The molecule has 0 radical (unpaired) electrons. The van der Waals surface area contributed by atoms with E-state index in [0.29, 0.717) is 12.1 Å². The van der Waals surface area contributed by atoms with Gasteiger partial charge in [0.2, 0.25) is 0 Å². The summed E-state index contributed by atoms with van der Waals surface area (Å²) in [5.41, 5.74) is 0.535. The highest BCUT2D eigenvalue weighted by molar-refractivity contribution is 14.1. The van der Waals surface area contributed by atoms with E-state index >= 15 is 0 Å². The number of aliphatic hydroxyl groups is 1. The van der Waals surface area contributed by atoms with Crippen LogP contribution in [-0.2, 0) is 10.2 Å². The third kappa shape index (κ3) is 4.78. The first kappa shape index (κ1) is 14.7. The number of halogens is 1. The summed E-state index contributed by atoms with van der Waals surface area (Å²) in [5, 5.41) is 8.66. The maximum Gasteiger partial charge on any atom is 0.301 e. The van der Waals surface area contributed by atoms with Gasteiger partial charge in [0.25, 0.3) is 0 Å². The van der Waals surface area contributed by atoms with Gasteiger partial charge in [-0.05, 0) is 47.2 Å². The Bertz CT molecular complexity index is 464. The quantitative estimate of drug-likeness (QED) is 0.741. The topological polar surface area (TPSA) is 69.6 Å². The summed E-state index contributed by atoms with van der Waals surface area (Å²) in [5.74, 6) is 0. The molecule has 0 saturated heterocycles. The second kappa shape index (κ2) is 6.53. The van der Waals surface area contributed by atoms with Gasteiger partial charge in [-0.15, -0.1) is 0 Å². The number of aliphatic hydroxyl groups excluding tert-OH is 1. The fourth-order valence-corrected chi connectivity index (χ4v) is 2.69. The van der Waals surface area contributed by atoms with Crippen LogP contribution in [0.25, 0.3) is 0 Å². The minimum atomic E-state index is -3.53. The number of anilines is 1. The van der Waals surface area contributed by atoms with Crippen LogP contribution < -0.4 is 4.72 Å². The molecule has 0 fully saturated rings. The van der Waals surface area contributed by atoms with Crippen LogP contribution in [0.3, 0.4) is 0 Å². The highest BCUT2D eigenvalue weighted by atomic mass is 127. The maximum absolute atomic E-state index is 11.8. The van der Waals surface area contributed by atoms with Crippen LogP contribution >= 0.6 is 22.6 Å². The molecule has 1 aromatic rings. The van der Waals surface area contributed by atoms with Crippen LogP contribution in [0.1, 0.15) is 6.42 Å². The monoisotopic (exact) mass is 370 g/mol. The van der Waals surface area contributed by atoms with Crippen molar-refractivity contribution in [3.05, 3.63) is 27.8 Å². The number of rotatable bonds is 6. The van der Waals surface area contributed by atoms with Gasteiger partial charge in [-0.2, -0.15) is 12.7 Å². The van der Waals surface area contributed by atoms with E-state index in [1.807, 2.05) is 6.07 Å². The molecular formula is C10H15IN2O3S. The minimum absolute atomic E-state index is 0.0247. The Morgan fingerprint density at radius 2 is 2.18 bits per heavy atom. The molecule has 1 rings (SSSR count). The van der Waals surface area contributed by atoms with Crippen molar-refractivity contribution in [2.24, 2.45) is 0 Å². The number of hydrogen-bond acceptors (Lipinski definition) is 3. The van der Waals surface area contributed by atoms with Crippen molar-refractivity contribution in [2.75, 3.05) is 24.9 Å². The molecular weight excluding hydrogens is 355 g/mol. The van der Waals surface area contributed by atoms with E-state index in [4.69, 9.17) is 5.11 Å². The second-order valence-corrected chi connectivity index (χ2v) is 6.54. The lowest BCUT2D eigenvalue weighted by molar-refractivity contribution is 0.276. The van der Waals surface area contributed by atoms with Gasteiger partial charge in [-0.25, -0.2) is 0 Å². The predicted molar refractivity (Wildman–Crippen MR) is 76.0 cm³/mol. The lowest BCUT2D eigenvalue weighted by atomic mass is 10.3. The first-order chi connectivity index (χ1) is 7.95. The van der Waals surface area contributed by atoms with E-state index in [0.717, 1.165) is 3.57 Å². The van der Waals surface area contributed by atoms with E-state index in [9.17, 15) is 8.42 Å². The Morgan fingerprint density at radius 3 is 2.76 bits per heavy atom. The molecule has 0 aliphatic rings. The number of benzene rings is 1. The molecule has 0 bridgehead atoms. The molecule has 0 saturated carbocycles. The Kier molecular flexibility index (Phi) is 5.63. The first-order valence-electron chi connectivity index (χ1n) is 5.06. The Balaban J connectivity index is 2.72. The lowest BCUT2D eigenvalue weighted by Gasteiger charge is -2.17. The lowest BCUT2D eigenvalue weighted by Crippen LogP contribution is -2.33. The van der Waals surface area contributed by atoms with Crippen LogP contribution in [0.2, 0.25) is 0 Å². The molecule has 0 spiro atoms. The van der Waals surface area contributed by atoms with E-state index in [2.05, 4.69) is 27.3 Å². The van der Waals surface area contributed by atoms with Crippen molar-refractivity contribution in [1.29, 1.82) is 0 Å². The largest absolute Gasteiger partial charge is 0.396 e. The first-order valence-corrected chi connectivity index (χ1v) is 7.58. The molecule has 7 heteroatoms. The minimum Gasteiger partial charge on any atom is -0.396 e. The highest BCUT2D eigenvalue weighted by Crippen LogP contribution is 2.14. The summed E-state index contributed by atoms with van der Waals surface area (Å²) >= 11 is 2.12. The molecule has 17 heavy (non-hydrogen) atoms. The molecule has 0 amide bonds. The summed E-state index contributed by atoms with van der Waals surface area (Å²) < 4.78 is 28.3. The van der Waals surface area contributed by atoms with Crippen molar-refractivity contribution < 1.29 is 13.5 Å². The van der Waals surface area contributed by atoms with Gasteiger partial charge in [0, 0.05) is 23.8 Å². The van der Waals surface area contributed by atoms with Gasteiger partial charge in [0.05, 0.1) is 5.69 Å². The summed E-state index contributed by atoms with van der Waals surface area (Å²) in [6.45, 7) is 0.263. The summed E-state index contributed by atoms with van der Waals surface area (Å²) in [6, 6.07) is 7.11. The molecule has 0 unspecified atom stereocenters. The third-order valence-electron chi connectivity index (χ3n) is 2.11.